The summed E-state index contributed by atoms with van der Waals surface area (Å²) in [5.41, 5.74) is 0.830. The van der Waals surface area contributed by atoms with E-state index in [4.69, 9.17) is 0 Å². The first-order valence-corrected chi connectivity index (χ1v) is 8.87. The first-order valence-electron chi connectivity index (χ1n) is 6.83. The van der Waals surface area contributed by atoms with Crippen molar-refractivity contribution in [3.8, 4) is 0 Å². The molecule has 1 fully saturated rings. The summed E-state index contributed by atoms with van der Waals surface area (Å²) in [6.07, 6.45) is 4.88. The van der Waals surface area contributed by atoms with Gasteiger partial charge >= 0.3 is 0 Å². The van der Waals surface area contributed by atoms with Crippen molar-refractivity contribution in [2.24, 2.45) is 0 Å². The Balaban J connectivity index is 1.89. The highest BCUT2D eigenvalue weighted by Crippen LogP contribution is 2.34. The molecule has 0 aromatic carbocycles. The van der Waals surface area contributed by atoms with E-state index in [0.29, 0.717) is 6.04 Å². The van der Waals surface area contributed by atoms with Crippen molar-refractivity contribution in [3.05, 3.63) is 6.33 Å². The summed E-state index contributed by atoms with van der Waals surface area (Å²) in [6, 6.07) is 0.623. The molecule has 1 unspecified atom stereocenters. The van der Waals surface area contributed by atoms with Gasteiger partial charge < -0.3 is 9.80 Å². The van der Waals surface area contributed by atoms with E-state index in [2.05, 4.69) is 38.7 Å². The SMILES string of the molecule is CCN(C)C1CCN(c2ncnc3nc(SC)sc23)C1. The summed E-state index contributed by atoms with van der Waals surface area (Å²) in [5, 5.41) is 0. The Kier molecular flexibility index (Phi) is 4.09. The number of aromatic nitrogens is 3. The number of thioether (sulfide) groups is 1. The van der Waals surface area contributed by atoms with Crippen LogP contribution in [0.2, 0.25) is 0 Å². The van der Waals surface area contributed by atoms with E-state index in [9.17, 15) is 0 Å². The number of hydrogen-bond acceptors (Lipinski definition) is 7. The second-order valence-corrected chi connectivity index (χ2v) is 7.05. The molecular formula is C13H19N5S2. The molecule has 0 radical (unpaired) electrons. The maximum atomic E-state index is 4.53. The molecule has 0 spiro atoms. The fourth-order valence-electron chi connectivity index (χ4n) is 2.59. The highest BCUT2D eigenvalue weighted by atomic mass is 32.2. The van der Waals surface area contributed by atoms with Gasteiger partial charge in [0.2, 0.25) is 0 Å². The second kappa shape index (κ2) is 5.83. The van der Waals surface area contributed by atoms with Crippen molar-refractivity contribution in [1.82, 2.24) is 19.9 Å². The van der Waals surface area contributed by atoms with Crippen LogP contribution in [0.4, 0.5) is 5.82 Å². The molecule has 1 saturated heterocycles. The van der Waals surface area contributed by atoms with Crippen LogP contribution in [0.5, 0.6) is 0 Å². The van der Waals surface area contributed by atoms with Crippen molar-refractivity contribution in [2.45, 2.75) is 23.7 Å². The van der Waals surface area contributed by atoms with Crippen molar-refractivity contribution in [2.75, 3.05) is 37.8 Å². The second-order valence-electron chi connectivity index (χ2n) is 5.00. The number of rotatable bonds is 4. The number of anilines is 1. The summed E-state index contributed by atoms with van der Waals surface area (Å²) < 4.78 is 2.18. The molecule has 1 aliphatic heterocycles. The van der Waals surface area contributed by atoms with Crippen molar-refractivity contribution >= 4 is 39.3 Å². The van der Waals surface area contributed by atoms with E-state index in [-0.39, 0.29) is 0 Å². The number of fused-ring (bicyclic) bond motifs is 1. The topological polar surface area (TPSA) is 45.2 Å². The van der Waals surface area contributed by atoms with Crippen LogP contribution >= 0.6 is 23.1 Å². The maximum Gasteiger partial charge on any atom is 0.176 e. The third-order valence-electron chi connectivity index (χ3n) is 3.91. The molecule has 0 amide bonds. The molecule has 0 N–H and O–H groups in total. The Morgan fingerprint density at radius 1 is 1.50 bits per heavy atom. The van der Waals surface area contributed by atoms with E-state index < -0.39 is 0 Å². The first-order chi connectivity index (χ1) is 9.72. The van der Waals surface area contributed by atoms with Crippen molar-refractivity contribution in [3.63, 3.8) is 0 Å². The van der Waals surface area contributed by atoms with Gasteiger partial charge in [0.1, 0.15) is 11.0 Å². The minimum atomic E-state index is 0.623. The largest absolute Gasteiger partial charge is 0.354 e. The van der Waals surface area contributed by atoms with Crippen molar-refractivity contribution < 1.29 is 0 Å². The summed E-state index contributed by atoms with van der Waals surface area (Å²) in [5.74, 6) is 1.06. The van der Waals surface area contributed by atoms with Gasteiger partial charge in [-0.05, 0) is 26.3 Å². The lowest BCUT2D eigenvalue weighted by molar-refractivity contribution is 0.272. The molecular weight excluding hydrogens is 290 g/mol. The third-order valence-corrected chi connectivity index (χ3v) is 5.94. The molecule has 20 heavy (non-hydrogen) atoms. The van der Waals surface area contributed by atoms with E-state index in [1.807, 2.05) is 6.26 Å². The van der Waals surface area contributed by atoms with Gasteiger partial charge in [0.15, 0.2) is 15.8 Å². The van der Waals surface area contributed by atoms with Crippen molar-refractivity contribution in [1.29, 1.82) is 0 Å². The van der Waals surface area contributed by atoms with Gasteiger partial charge in [-0.1, -0.05) is 18.7 Å². The Morgan fingerprint density at radius 2 is 2.35 bits per heavy atom. The minimum Gasteiger partial charge on any atom is -0.354 e. The predicted octanol–water partition coefficient (Wildman–Crippen LogP) is 2.34. The molecule has 0 saturated carbocycles. The van der Waals surface area contributed by atoms with Gasteiger partial charge in [-0.2, -0.15) is 0 Å². The number of hydrogen-bond donors (Lipinski definition) is 0. The van der Waals surface area contributed by atoms with Crippen LogP contribution in [0.1, 0.15) is 13.3 Å². The van der Waals surface area contributed by atoms with E-state index in [0.717, 1.165) is 40.1 Å². The first kappa shape index (κ1) is 14.0. The van der Waals surface area contributed by atoms with E-state index in [1.165, 1.54) is 6.42 Å². The molecule has 108 valence electrons. The van der Waals surface area contributed by atoms with Gasteiger partial charge in [0.25, 0.3) is 0 Å². The van der Waals surface area contributed by atoms with Gasteiger partial charge in [-0.15, -0.1) is 11.3 Å². The van der Waals surface area contributed by atoms with Crippen LogP contribution in [0.15, 0.2) is 10.7 Å². The molecule has 2 aromatic rings. The summed E-state index contributed by atoms with van der Waals surface area (Å²) in [7, 11) is 2.20. The summed E-state index contributed by atoms with van der Waals surface area (Å²) >= 11 is 3.37. The number of nitrogens with zero attached hydrogens (tertiary/aromatic N) is 5. The van der Waals surface area contributed by atoms with Gasteiger partial charge in [-0.3, -0.25) is 0 Å². The molecule has 1 aliphatic rings. The summed E-state index contributed by atoms with van der Waals surface area (Å²) in [4.78, 5) is 18.1. The fraction of sp³-hybridized carbons (Fsp3) is 0.615. The monoisotopic (exact) mass is 309 g/mol. The smallest absolute Gasteiger partial charge is 0.176 e. The Labute approximate surface area is 127 Å². The Hall–Kier alpha value is -0.920. The van der Waals surface area contributed by atoms with E-state index >= 15 is 0 Å². The lowest BCUT2D eigenvalue weighted by atomic mass is 10.2. The lowest BCUT2D eigenvalue weighted by Crippen LogP contribution is -2.34. The molecule has 3 rings (SSSR count). The van der Waals surface area contributed by atoms with Gasteiger partial charge in [0, 0.05) is 19.1 Å². The average molecular weight is 309 g/mol. The fourth-order valence-corrected chi connectivity index (χ4v) is 4.12. The quantitative estimate of drug-likeness (QED) is 0.808. The normalized spacial score (nSPS) is 19.4. The molecule has 2 aromatic heterocycles. The zero-order valence-corrected chi connectivity index (χ0v) is 13.7. The standard InChI is InChI=1S/C13H19N5S2/c1-4-17(2)9-5-6-18(7-9)12-10-11(14-8-15-12)16-13(19-3)20-10/h8-9H,4-7H2,1-3H3. The molecule has 7 heteroatoms. The van der Waals surface area contributed by atoms with E-state index in [1.54, 1.807) is 29.4 Å². The van der Waals surface area contributed by atoms with Crippen LogP contribution in [-0.4, -0.2) is 58.8 Å². The molecule has 5 nitrogen and oxygen atoms in total. The third kappa shape index (κ3) is 2.49. The molecule has 3 heterocycles. The van der Waals surface area contributed by atoms with Crippen LogP contribution in [0, 0.1) is 0 Å². The molecule has 0 bridgehead atoms. The molecule has 1 atom stereocenters. The van der Waals surface area contributed by atoms with Crippen LogP contribution in [0.3, 0.4) is 0 Å². The Bertz CT molecular complexity index is 599. The Morgan fingerprint density at radius 3 is 3.10 bits per heavy atom. The zero-order valence-electron chi connectivity index (χ0n) is 12.0. The average Bonchev–Trinajstić information content (AvgIpc) is 3.12. The van der Waals surface area contributed by atoms with Crippen LogP contribution in [0.25, 0.3) is 10.3 Å². The predicted molar refractivity (Wildman–Crippen MR) is 85.9 cm³/mol. The zero-order chi connectivity index (χ0) is 14.1. The van der Waals surface area contributed by atoms with Crippen LogP contribution < -0.4 is 4.90 Å². The highest BCUT2D eigenvalue weighted by molar-refractivity contribution is 8.00. The summed E-state index contributed by atoms with van der Waals surface area (Å²) in [6.45, 7) is 5.41. The maximum absolute atomic E-state index is 4.53. The minimum absolute atomic E-state index is 0.623. The highest BCUT2D eigenvalue weighted by Gasteiger charge is 2.27. The van der Waals surface area contributed by atoms with Gasteiger partial charge in [-0.25, -0.2) is 15.0 Å². The van der Waals surface area contributed by atoms with Crippen LogP contribution in [-0.2, 0) is 0 Å². The van der Waals surface area contributed by atoms with Gasteiger partial charge in [0.05, 0.1) is 0 Å². The lowest BCUT2D eigenvalue weighted by Gasteiger charge is -2.23. The number of likely N-dealkylation sites (N-methyl/N-ethyl adjacent to an activating group) is 1. The molecule has 0 aliphatic carbocycles. The number of thiazole rings is 1.